The molecular formula is C25H35N3O2. The van der Waals surface area contributed by atoms with Crippen LogP contribution in [0.3, 0.4) is 0 Å². The SMILES string of the molecule is CC(CC(=O)NC12CC3CC(CC(C3)C1)C2)=NNC(=O)c1ccc(C(C)(C)C)cc1. The lowest BCUT2D eigenvalue weighted by atomic mass is 9.53. The van der Waals surface area contributed by atoms with Gasteiger partial charge in [-0.1, -0.05) is 32.9 Å². The Bertz CT molecular complexity index is 813. The fourth-order valence-corrected chi connectivity index (χ4v) is 6.21. The molecule has 4 bridgehead atoms. The summed E-state index contributed by atoms with van der Waals surface area (Å²) < 4.78 is 0. The van der Waals surface area contributed by atoms with Crippen LogP contribution in [0, 0.1) is 17.8 Å². The summed E-state index contributed by atoms with van der Waals surface area (Å²) in [5.74, 6) is 2.18. The van der Waals surface area contributed by atoms with Crippen molar-refractivity contribution in [1.82, 2.24) is 10.7 Å². The zero-order valence-electron chi connectivity index (χ0n) is 18.8. The first-order chi connectivity index (χ1) is 14.1. The fourth-order valence-electron chi connectivity index (χ4n) is 6.21. The Morgan fingerprint density at radius 2 is 1.53 bits per heavy atom. The summed E-state index contributed by atoms with van der Waals surface area (Å²) in [7, 11) is 0. The standard InChI is InChI=1S/C25H35N3O2/c1-16(27-28-23(30)20-5-7-21(8-6-20)24(2,3)4)9-22(29)26-25-13-17-10-18(14-25)12-19(11-17)15-25/h5-8,17-19H,9-15H2,1-4H3,(H,26,29)(H,28,30). The van der Waals surface area contributed by atoms with Gasteiger partial charge >= 0.3 is 0 Å². The van der Waals surface area contributed by atoms with Crippen molar-refractivity contribution in [3.05, 3.63) is 35.4 Å². The van der Waals surface area contributed by atoms with Crippen molar-refractivity contribution in [2.45, 2.75) is 83.6 Å². The third kappa shape index (κ3) is 4.60. The van der Waals surface area contributed by atoms with Gasteiger partial charge in [0.25, 0.3) is 5.91 Å². The van der Waals surface area contributed by atoms with Crippen molar-refractivity contribution in [2.75, 3.05) is 0 Å². The zero-order chi connectivity index (χ0) is 21.5. The molecule has 0 aliphatic heterocycles. The molecule has 0 saturated heterocycles. The normalized spacial score (nSPS) is 30.3. The number of amides is 2. The van der Waals surface area contributed by atoms with Crippen LogP contribution in [0.5, 0.6) is 0 Å². The van der Waals surface area contributed by atoms with Crippen LogP contribution in [-0.4, -0.2) is 23.1 Å². The van der Waals surface area contributed by atoms with Crippen molar-refractivity contribution >= 4 is 17.5 Å². The first-order valence-corrected chi connectivity index (χ1v) is 11.4. The van der Waals surface area contributed by atoms with E-state index in [0.29, 0.717) is 11.3 Å². The van der Waals surface area contributed by atoms with E-state index in [9.17, 15) is 9.59 Å². The van der Waals surface area contributed by atoms with Gasteiger partial charge in [-0.05, 0) is 86.3 Å². The van der Waals surface area contributed by atoms with Gasteiger partial charge in [0.15, 0.2) is 0 Å². The lowest BCUT2D eigenvalue weighted by molar-refractivity contribution is -0.125. The van der Waals surface area contributed by atoms with Crippen LogP contribution in [0.15, 0.2) is 29.4 Å². The molecule has 1 aromatic carbocycles. The Balaban J connectivity index is 1.30. The number of rotatable bonds is 5. The van der Waals surface area contributed by atoms with Gasteiger partial charge in [-0.15, -0.1) is 0 Å². The first kappa shape index (κ1) is 21.1. The van der Waals surface area contributed by atoms with Gasteiger partial charge in [-0.25, -0.2) is 5.43 Å². The highest BCUT2D eigenvalue weighted by molar-refractivity contribution is 6.01. The molecule has 5 nitrogen and oxygen atoms in total. The van der Waals surface area contributed by atoms with Gasteiger partial charge in [0.05, 0.1) is 6.42 Å². The molecule has 4 fully saturated rings. The molecule has 30 heavy (non-hydrogen) atoms. The number of carbonyl (C=O) groups excluding carboxylic acids is 2. The Morgan fingerprint density at radius 3 is 2.03 bits per heavy atom. The summed E-state index contributed by atoms with van der Waals surface area (Å²) >= 11 is 0. The molecule has 0 spiro atoms. The summed E-state index contributed by atoms with van der Waals surface area (Å²) in [6, 6.07) is 7.59. The highest BCUT2D eigenvalue weighted by atomic mass is 16.2. The minimum absolute atomic E-state index is 0.0180. The van der Waals surface area contributed by atoms with Crippen molar-refractivity contribution < 1.29 is 9.59 Å². The highest BCUT2D eigenvalue weighted by Gasteiger charge is 2.51. The molecule has 2 amide bonds. The van der Waals surface area contributed by atoms with Crippen LogP contribution in [0.2, 0.25) is 0 Å². The summed E-state index contributed by atoms with van der Waals surface area (Å²) in [6.07, 6.45) is 7.73. The van der Waals surface area contributed by atoms with Gasteiger partial charge in [0.1, 0.15) is 0 Å². The molecule has 0 atom stereocenters. The number of nitrogens with one attached hydrogen (secondary N) is 2. The third-order valence-corrected chi connectivity index (χ3v) is 7.22. The van der Waals surface area contributed by atoms with Crippen molar-refractivity contribution in [3.63, 3.8) is 0 Å². The Labute approximate surface area is 180 Å². The minimum Gasteiger partial charge on any atom is -0.350 e. The summed E-state index contributed by atoms with van der Waals surface area (Å²) in [6.45, 7) is 8.22. The Hall–Kier alpha value is -2.17. The monoisotopic (exact) mass is 409 g/mol. The molecule has 0 radical (unpaired) electrons. The van der Waals surface area contributed by atoms with E-state index in [4.69, 9.17) is 0 Å². The maximum atomic E-state index is 12.7. The molecule has 0 aromatic heterocycles. The van der Waals surface area contributed by atoms with Crippen LogP contribution < -0.4 is 10.7 Å². The van der Waals surface area contributed by atoms with E-state index in [1.807, 2.05) is 24.3 Å². The minimum atomic E-state index is -0.253. The zero-order valence-corrected chi connectivity index (χ0v) is 18.8. The quantitative estimate of drug-likeness (QED) is 0.553. The van der Waals surface area contributed by atoms with Crippen LogP contribution in [0.1, 0.15) is 88.6 Å². The predicted molar refractivity (Wildman–Crippen MR) is 119 cm³/mol. The number of hydrazone groups is 1. The number of nitrogens with zero attached hydrogens (tertiary/aromatic N) is 1. The van der Waals surface area contributed by atoms with Crippen molar-refractivity contribution in [1.29, 1.82) is 0 Å². The van der Waals surface area contributed by atoms with Crippen LogP contribution in [0.4, 0.5) is 0 Å². The van der Waals surface area contributed by atoms with E-state index in [-0.39, 0.29) is 29.2 Å². The molecule has 2 N–H and O–H groups in total. The Morgan fingerprint density at radius 1 is 1.00 bits per heavy atom. The average molecular weight is 410 g/mol. The average Bonchev–Trinajstić information content (AvgIpc) is 2.63. The largest absolute Gasteiger partial charge is 0.350 e. The second-order valence-electron chi connectivity index (χ2n) is 11.0. The lowest BCUT2D eigenvalue weighted by Gasteiger charge is -2.56. The van der Waals surface area contributed by atoms with E-state index in [2.05, 4.69) is 36.6 Å². The van der Waals surface area contributed by atoms with Gasteiger partial charge in [0, 0.05) is 16.8 Å². The number of carbonyl (C=O) groups is 2. The molecular weight excluding hydrogens is 374 g/mol. The highest BCUT2D eigenvalue weighted by Crippen LogP contribution is 2.55. The number of benzene rings is 1. The lowest BCUT2D eigenvalue weighted by Crippen LogP contribution is -2.60. The maximum Gasteiger partial charge on any atom is 0.271 e. The van der Waals surface area contributed by atoms with Gasteiger partial charge in [0.2, 0.25) is 5.91 Å². The molecule has 0 heterocycles. The van der Waals surface area contributed by atoms with Crippen molar-refractivity contribution in [3.8, 4) is 0 Å². The molecule has 162 valence electrons. The molecule has 4 aliphatic carbocycles. The molecule has 4 saturated carbocycles. The fraction of sp³-hybridized carbons (Fsp3) is 0.640. The Kier molecular flexibility index (Phi) is 5.50. The smallest absolute Gasteiger partial charge is 0.271 e. The van der Waals surface area contributed by atoms with Gasteiger partial charge < -0.3 is 5.32 Å². The van der Waals surface area contributed by atoms with Gasteiger partial charge in [-0.2, -0.15) is 5.10 Å². The van der Waals surface area contributed by atoms with E-state index in [1.165, 1.54) is 24.8 Å². The predicted octanol–water partition coefficient (Wildman–Crippen LogP) is 4.56. The second kappa shape index (κ2) is 7.82. The van der Waals surface area contributed by atoms with Gasteiger partial charge in [-0.3, -0.25) is 9.59 Å². The molecule has 5 rings (SSSR count). The van der Waals surface area contributed by atoms with Crippen LogP contribution in [0.25, 0.3) is 0 Å². The first-order valence-electron chi connectivity index (χ1n) is 11.4. The van der Waals surface area contributed by atoms with E-state index in [1.54, 1.807) is 6.92 Å². The third-order valence-electron chi connectivity index (χ3n) is 7.22. The van der Waals surface area contributed by atoms with E-state index in [0.717, 1.165) is 37.0 Å². The maximum absolute atomic E-state index is 12.7. The van der Waals surface area contributed by atoms with E-state index < -0.39 is 0 Å². The summed E-state index contributed by atoms with van der Waals surface area (Å²) in [5, 5.41) is 7.52. The summed E-state index contributed by atoms with van der Waals surface area (Å²) in [5.41, 5.74) is 5.03. The molecule has 0 unspecified atom stereocenters. The summed E-state index contributed by atoms with van der Waals surface area (Å²) in [4.78, 5) is 25.1. The van der Waals surface area contributed by atoms with Crippen molar-refractivity contribution in [2.24, 2.45) is 22.9 Å². The second-order valence-corrected chi connectivity index (χ2v) is 11.0. The number of hydrogen-bond acceptors (Lipinski definition) is 3. The van der Waals surface area contributed by atoms with E-state index >= 15 is 0 Å². The molecule has 1 aromatic rings. The topological polar surface area (TPSA) is 70.6 Å². The molecule has 5 heteroatoms. The van der Waals surface area contributed by atoms with Crippen LogP contribution in [-0.2, 0) is 10.2 Å². The van der Waals surface area contributed by atoms with Crippen LogP contribution >= 0.6 is 0 Å². The number of hydrogen-bond donors (Lipinski definition) is 2. The molecule has 4 aliphatic rings.